The number of aromatic nitrogens is 3. The van der Waals surface area contributed by atoms with Gasteiger partial charge in [-0.15, -0.1) is 0 Å². The molecule has 0 aliphatic heterocycles. The number of unbranched alkanes of at least 4 members (excludes halogenated alkanes) is 30. The predicted octanol–water partition coefficient (Wildman–Crippen LogP) is 16.8. The lowest BCUT2D eigenvalue weighted by molar-refractivity contribution is 0.439. The van der Waals surface area contributed by atoms with Crippen molar-refractivity contribution in [2.75, 3.05) is 42.3 Å². The van der Waals surface area contributed by atoms with E-state index < -0.39 is 0 Å². The van der Waals surface area contributed by atoms with Gasteiger partial charge >= 0.3 is 6.01 Å². The van der Waals surface area contributed by atoms with E-state index in [2.05, 4.69) is 55.2 Å². The molecule has 1 aromatic heterocycles. The summed E-state index contributed by atoms with van der Waals surface area (Å²) in [6.07, 6.45) is 44.0. The molecule has 60 heavy (non-hydrogen) atoms. The van der Waals surface area contributed by atoms with Crippen molar-refractivity contribution in [3.05, 3.63) is 54.6 Å². The van der Waals surface area contributed by atoms with Gasteiger partial charge in [-0.2, -0.15) is 15.0 Å². The quantitative estimate of drug-likeness (QED) is 0.0573. The number of anilines is 4. The number of hydrogen-bond donors (Lipinski definition) is 1. The molecular formula is C53H90N6O. The standard InChI is InChI=1S/C53H90N6O/c1-5-7-9-11-13-15-17-19-21-23-25-27-29-31-33-38-46-58(3)51-55-52(57-53(56-51)60-50-44-42-49(43-45-50)54-48-40-36-35-37-41-48)59(4)47-39-34-32-30-28-26-24-22-20-18-16-14-12-10-8-6-2/h35-37,40-45,54H,5-34,38-39,46-47H2,1-4H3. The minimum absolute atomic E-state index is 0.344. The molecule has 0 aliphatic carbocycles. The maximum Gasteiger partial charge on any atom is 0.328 e. The smallest absolute Gasteiger partial charge is 0.328 e. The van der Waals surface area contributed by atoms with E-state index in [0.717, 1.165) is 37.3 Å². The first-order valence-electron chi connectivity index (χ1n) is 25.4. The van der Waals surface area contributed by atoms with Crippen molar-refractivity contribution in [1.82, 2.24) is 15.0 Å². The largest absolute Gasteiger partial charge is 0.424 e. The molecule has 3 aromatic rings. The van der Waals surface area contributed by atoms with Crippen LogP contribution in [0.1, 0.15) is 219 Å². The van der Waals surface area contributed by atoms with Crippen molar-refractivity contribution < 1.29 is 4.74 Å². The maximum atomic E-state index is 6.29. The van der Waals surface area contributed by atoms with Gasteiger partial charge < -0.3 is 19.9 Å². The number of nitrogens with zero attached hydrogens (tertiary/aromatic N) is 5. The monoisotopic (exact) mass is 827 g/mol. The average molecular weight is 827 g/mol. The van der Waals surface area contributed by atoms with E-state index in [1.54, 1.807) is 0 Å². The lowest BCUT2D eigenvalue weighted by atomic mass is 10.0. The molecule has 7 nitrogen and oxygen atoms in total. The van der Waals surface area contributed by atoms with Crippen LogP contribution in [0.5, 0.6) is 11.8 Å². The van der Waals surface area contributed by atoms with Gasteiger partial charge in [0.25, 0.3) is 0 Å². The van der Waals surface area contributed by atoms with E-state index in [1.165, 1.54) is 193 Å². The molecule has 0 aliphatic rings. The Morgan fingerprint density at radius 2 is 0.700 bits per heavy atom. The van der Waals surface area contributed by atoms with Crippen LogP contribution in [0, 0.1) is 0 Å². The molecule has 0 fully saturated rings. The minimum atomic E-state index is 0.344. The number of benzene rings is 2. The Hall–Kier alpha value is -3.35. The lowest BCUT2D eigenvalue weighted by Crippen LogP contribution is -2.25. The van der Waals surface area contributed by atoms with Crippen LogP contribution in [0.3, 0.4) is 0 Å². The fraction of sp³-hybridized carbons (Fsp3) is 0.717. The van der Waals surface area contributed by atoms with Crippen LogP contribution in [0.4, 0.5) is 23.3 Å². The molecule has 0 saturated carbocycles. The van der Waals surface area contributed by atoms with Gasteiger partial charge in [-0.3, -0.25) is 0 Å². The number of rotatable bonds is 40. The molecule has 1 heterocycles. The van der Waals surface area contributed by atoms with E-state index in [4.69, 9.17) is 19.7 Å². The SMILES string of the molecule is CCCCCCCCCCCCCCCCCCN(C)c1nc(Oc2ccc(Nc3ccccc3)cc2)nc(N(C)CCCCCCCCCCCCCCCCCC)n1. The fourth-order valence-electron chi connectivity index (χ4n) is 8.12. The Bertz CT molecular complexity index is 1340. The first-order valence-corrected chi connectivity index (χ1v) is 25.4. The van der Waals surface area contributed by atoms with Gasteiger partial charge in [0.15, 0.2) is 0 Å². The van der Waals surface area contributed by atoms with Gasteiger partial charge in [0.05, 0.1) is 0 Å². The maximum absolute atomic E-state index is 6.29. The molecule has 7 heteroatoms. The molecule has 2 aromatic carbocycles. The highest BCUT2D eigenvalue weighted by Crippen LogP contribution is 2.26. The van der Waals surface area contributed by atoms with Crippen LogP contribution >= 0.6 is 0 Å². The van der Waals surface area contributed by atoms with E-state index in [-0.39, 0.29) is 0 Å². The summed E-state index contributed by atoms with van der Waals surface area (Å²) in [6.45, 7) is 6.44. The molecule has 3 rings (SSSR count). The van der Waals surface area contributed by atoms with Crippen LogP contribution in [-0.2, 0) is 0 Å². The molecule has 0 saturated heterocycles. The normalized spacial score (nSPS) is 11.3. The molecule has 0 bridgehead atoms. The molecule has 0 unspecified atom stereocenters. The highest BCUT2D eigenvalue weighted by atomic mass is 16.5. The number of hydrogen-bond acceptors (Lipinski definition) is 7. The van der Waals surface area contributed by atoms with Gasteiger partial charge in [-0.25, -0.2) is 0 Å². The second kappa shape index (κ2) is 35.3. The van der Waals surface area contributed by atoms with Crippen molar-refractivity contribution in [3.63, 3.8) is 0 Å². The Morgan fingerprint density at radius 3 is 1.05 bits per heavy atom. The zero-order valence-corrected chi connectivity index (χ0v) is 39.4. The van der Waals surface area contributed by atoms with Gasteiger partial charge in [0.1, 0.15) is 5.75 Å². The van der Waals surface area contributed by atoms with Gasteiger partial charge in [-0.05, 0) is 49.2 Å². The molecule has 0 radical (unpaired) electrons. The zero-order valence-electron chi connectivity index (χ0n) is 39.4. The summed E-state index contributed by atoms with van der Waals surface area (Å²) in [7, 11) is 4.21. The fourth-order valence-corrected chi connectivity index (χ4v) is 8.12. The summed E-state index contributed by atoms with van der Waals surface area (Å²) in [4.78, 5) is 18.9. The molecule has 0 spiro atoms. The average Bonchev–Trinajstić information content (AvgIpc) is 3.27. The third-order valence-electron chi connectivity index (χ3n) is 12.1. The van der Waals surface area contributed by atoms with Gasteiger partial charge in [-0.1, -0.05) is 225 Å². The second-order valence-corrected chi connectivity index (χ2v) is 17.8. The Morgan fingerprint density at radius 1 is 0.383 bits per heavy atom. The molecule has 0 atom stereocenters. The molecule has 338 valence electrons. The third kappa shape index (κ3) is 25.4. The highest BCUT2D eigenvalue weighted by molar-refractivity contribution is 5.60. The molecule has 0 amide bonds. The van der Waals surface area contributed by atoms with E-state index in [1.807, 2.05) is 42.5 Å². The zero-order chi connectivity index (χ0) is 42.6. The molecular weight excluding hydrogens is 737 g/mol. The van der Waals surface area contributed by atoms with Crippen LogP contribution < -0.4 is 19.9 Å². The lowest BCUT2D eigenvalue weighted by Gasteiger charge is -2.22. The van der Waals surface area contributed by atoms with Crippen LogP contribution in [0.15, 0.2) is 54.6 Å². The van der Waals surface area contributed by atoms with E-state index >= 15 is 0 Å². The van der Waals surface area contributed by atoms with Crippen molar-refractivity contribution >= 4 is 23.3 Å². The summed E-state index contributed by atoms with van der Waals surface area (Å²) in [5.41, 5.74) is 2.06. The van der Waals surface area contributed by atoms with Crippen molar-refractivity contribution in [1.29, 1.82) is 0 Å². The van der Waals surface area contributed by atoms with Crippen molar-refractivity contribution in [2.24, 2.45) is 0 Å². The van der Waals surface area contributed by atoms with E-state index in [0.29, 0.717) is 23.7 Å². The molecule has 1 N–H and O–H groups in total. The third-order valence-corrected chi connectivity index (χ3v) is 12.1. The van der Waals surface area contributed by atoms with Crippen molar-refractivity contribution in [2.45, 2.75) is 219 Å². The number of ether oxygens (including phenoxy) is 1. The number of para-hydroxylation sites is 1. The van der Waals surface area contributed by atoms with Gasteiger partial charge in [0, 0.05) is 38.6 Å². The summed E-state index contributed by atoms with van der Waals surface area (Å²) in [5.74, 6) is 2.06. The topological polar surface area (TPSA) is 66.4 Å². The Kier molecular flexibility index (Phi) is 30.0. The van der Waals surface area contributed by atoms with Gasteiger partial charge in [0.2, 0.25) is 11.9 Å². The summed E-state index contributed by atoms with van der Waals surface area (Å²) in [5, 5.41) is 3.44. The van der Waals surface area contributed by atoms with E-state index in [9.17, 15) is 0 Å². The Labute approximate surface area is 369 Å². The summed E-state index contributed by atoms with van der Waals surface area (Å²) < 4.78 is 6.29. The highest BCUT2D eigenvalue weighted by Gasteiger charge is 2.15. The summed E-state index contributed by atoms with van der Waals surface area (Å²) >= 11 is 0. The van der Waals surface area contributed by atoms with Crippen LogP contribution in [-0.4, -0.2) is 42.1 Å². The van der Waals surface area contributed by atoms with Crippen LogP contribution in [0.25, 0.3) is 0 Å². The number of nitrogens with one attached hydrogen (secondary N) is 1. The minimum Gasteiger partial charge on any atom is -0.424 e. The first-order chi connectivity index (χ1) is 29.6. The Balaban J connectivity index is 1.38. The van der Waals surface area contributed by atoms with Crippen molar-refractivity contribution in [3.8, 4) is 11.8 Å². The van der Waals surface area contributed by atoms with Crippen LogP contribution in [0.2, 0.25) is 0 Å². The predicted molar refractivity (Wildman–Crippen MR) is 262 cm³/mol. The second-order valence-electron chi connectivity index (χ2n) is 17.8. The summed E-state index contributed by atoms with van der Waals surface area (Å²) in [6, 6.07) is 18.5. The first kappa shape index (κ1) is 51.0.